The third kappa shape index (κ3) is 3.15. The third-order valence-corrected chi connectivity index (χ3v) is 3.62. The summed E-state index contributed by atoms with van der Waals surface area (Å²) < 4.78 is 0. The first-order valence-corrected chi connectivity index (χ1v) is 7.05. The summed E-state index contributed by atoms with van der Waals surface area (Å²) in [4.78, 5) is 27.2. The van der Waals surface area contributed by atoms with Gasteiger partial charge in [0.15, 0.2) is 0 Å². The molecule has 0 radical (unpaired) electrons. The van der Waals surface area contributed by atoms with Gasteiger partial charge < -0.3 is 10.4 Å². The van der Waals surface area contributed by atoms with E-state index in [4.69, 9.17) is 16.7 Å². The van der Waals surface area contributed by atoms with Crippen molar-refractivity contribution in [1.82, 2.24) is 4.98 Å². The Kier molecular flexibility index (Phi) is 4.36. The lowest BCUT2D eigenvalue weighted by atomic mass is 10.2. The summed E-state index contributed by atoms with van der Waals surface area (Å²) in [6.07, 6.45) is 0.653. The first-order chi connectivity index (χ1) is 9.51. The quantitative estimate of drug-likeness (QED) is 0.849. The number of nitrogens with one attached hydrogen (secondary N) is 1. The van der Waals surface area contributed by atoms with Gasteiger partial charge in [0.2, 0.25) is 0 Å². The molecule has 5 nitrogen and oxygen atoms in total. The number of carbonyl (C=O) groups excluding carboxylic acids is 1. The van der Waals surface area contributed by atoms with Gasteiger partial charge in [0.05, 0.1) is 5.56 Å². The average Bonchev–Trinajstić information content (AvgIpc) is 2.86. The van der Waals surface area contributed by atoms with Crippen molar-refractivity contribution in [2.45, 2.75) is 13.3 Å². The maximum absolute atomic E-state index is 12.1. The van der Waals surface area contributed by atoms with E-state index in [1.165, 1.54) is 12.1 Å². The number of anilines is 1. The van der Waals surface area contributed by atoms with Gasteiger partial charge in [0.25, 0.3) is 5.91 Å². The Balaban J connectivity index is 2.26. The van der Waals surface area contributed by atoms with Crippen LogP contribution in [0.3, 0.4) is 0 Å². The summed E-state index contributed by atoms with van der Waals surface area (Å²) in [7, 11) is 0. The molecule has 7 heteroatoms. The second-order valence-electron chi connectivity index (χ2n) is 3.95. The first-order valence-electron chi connectivity index (χ1n) is 5.80. The number of amides is 1. The van der Waals surface area contributed by atoms with Crippen LogP contribution in [0.1, 0.15) is 33.3 Å². The van der Waals surface area contributed by atoms with Gasteiger partial charge >= 0.3 is 5.97 Å². The van der Waals surface area contributed by atoms with Gasteiger partial charge in [0, 0.05) is 11.3 Å². The predicted molar refractivity (Wildman–Crippen MR) is 77.9 cm³/mol. The van der Waals surface area contributed by atoms with Gasteiger partial charge in [-0.2, -0.15) is 0 Å². The number of halogens is 1. The van der Waals surface area contributed by atoms with E-state index in [1.54, 1.807) is 11.4 Å². The number of carbonyl (C=O) groups is 2. The molecule has 0 bridgehead atoms. The number of aryl methyl sites for hydroxylation is 1. The van der Waals surface area contributed by atoms with E-state index in [9.17, 15) is 9.59 Å². The molecule has 0 aliphatic heterocycles. The van der Waals surface area contributed by atoms with Crippen molar-refractivity contribution in [2.75, 3.05) is 5.32 Å². The Labute approximate surface area is 124 Å². The van der Waals surface area contributed by atoms with Crippen molar-refractivity contribution in [1.29, 1.82) is 0 Å². The van der Waals surface area contributed by atoms with Crippen molar-refractivity contribution in [3.8, 4) is 0 Å². The lowest BCUT2D eigenvalue weighted by Crippen LogP contribution is -2.14. The third-order valence-electron chi connectivity index (χ3n) is 2.59. The maximum Gasteiger partial charge on any atom is 0.338 e. The molecule has 2 N–H and O–H groups in total. The summed E-state index contributed by atoms with van der Waals surface area (Å²) in [5, 5.41) is 13.7. The highest BCUT2D eigenvalue weighted by Crippen LogP contribution is 2.24. The fraction of sp³-hybridized carbons (Fsp3) is 0.154. The number of carboxylic acids is 1. The number of thiophene rings is 1. The van der Waals surface area contributed by atoms with Crippen LogP contribution in [0.25, 0.3) is 0 Å². The van der Waals surface area contributed by atoms with Gasteiger partial charge in [0.1, 0.15) is 10.2 Å². The molecule has 0 spiro atoms. The number of aromatic nitrogens is 1. The number of aromatic carboxylic acids is 1. The monoisotopic (exact) mass is 310 g/mol. The van der Waals surface area contributed by atoms with Crippen LogP contribution in [0.15, 0.2) is 23.6 Å². The molecule has 20 heavy (non-hydrogen) atoms. The minimum absolute atomic E-state index is 0.0687. The molecule has 0 aliphatic carbocycles. The van der Waals surface area contributed by atoms with E-state index >= 15 is 0 Å². The van der Waals surface area contributed by atoms with Crippen LogP contribution in [-0.2, 0) is 6.42 Å². The standard InChI is InChI=1S/C13H11ClN2O3S/c1-2-8-5-7(6-10(14)15-8)11(17)16-12-9(13(18)19)3-4-20-12/h3-6H,2H2,1H3,(H,16,17)(H,18,19). The van der Waals surface area contributed by atoms with Gasteiger partial charge in [-0.05, 0) is 30.0 Å². The van der Waals surface area contributed by atoms with E-state index in [0.29, 0.717) is 22.7 Å². The van der Waals surface area contributed by atoms with E-state index in [2.05, 4.69) is 10.3 Å². The Morgan fingerprint density at radius 3 is 2.85 bits per heavy atom. The van der Waals surface area contributed by atoms with Crippen LogP contribution in [0.2, 0.25) is 5.15 Å². The lowest BCUT2D eigenvalue weighted by molar-refractivity contribution is 0.0698. The van der Waals surface area contributed by atoms with Crippen molar-refractivity contribution >= 4 is 39.8 Å². The molecule has 2 aromatic rings. The highest BCUT2D eigenvalue weighted by Gasteiger charge is 2.15. The zero-order chi connectivity index (χ0) is 14.7. The zero-order valence-electron chi connectivity index (χ0n) is 10.5. The molecule has 0 fully saturated rings. The van der Waals surface area contributed by atoms with Crippen LogP contribution in [-0.4, -0.2) is 22.0 Å². The van der Waals surface area contributed by atoms with Gasteiger partial charge in [-0.25, -0.2) is 9.78 Å². The fourth-order valence-electron chi connectivity index (χ4n) is 1.61. The van der Waals surface area contributed by atoms with Crippen LogP contribution in [0.4, 0.5) is 5.00 Å². The molecule has 104 valence electrons. The number of rotatable bonds is 4. The van der Waals surface area contributed by atoms with Gasteiger partial charge in [-0.3, -0.25) is 4.79 Å². The van der Waals surface area contributed by atoms with Gasteiger partial charge in [-0.15, -0.1) is 11.3 Å². The summed E-state index contributed by atoms with van der Waals surface area (Å²) >= 11 is 7.01. The van der Waals surface area contributed by atoms with Crippen LogP contribution in [0.5, 0.6) is 0 Å². The zero-order valence-corrected chi connectivity index (χ0v) is 12.1. The van der Waals surface area contributed by atoms with Crippen LogP contribution < -0.4 is 5.32 Å². The Bertz CT molecular complexity index is 669. The van der Waals surface area contributed by atoms with E-state index in [1.807, 2.05) is 6.92 Å². The SMILES string of the molecule is CCc1cc(C(=O)Nc2sccc2C(=O)O)cc(Cl)n1. The minimum Gasteiger partial charge on any atom is -0.478 e. The van der Waals surface area contributed by atoms with E-state index < -0.39 is 11.9 Å². The van der Waals surface area contributed by atoms with Crippen molar-refractivity contribution in [2.24, 2.45) is 0 Å². The Morgan fingerprint density at radius 2 is 2.20 bits per heavy atom. The first kappa shape index (κ1) is 14.5. The summed E-state index contributed by atoms with van der Waals surface area (Å²) in [5.41, 5.74) is 1.12. The normalized spacial score (nSPS) is 10.3. The summed E-state index contributed by atoms with van der Waals surface area (Å²) in [6.45, 7) is 1.90. The molecule has 0 atom stereocenters. The molecule has 0 saturated heterocycles. The van der Waals surface area contributed by atoms with Crippen molar-refractivity contribution < 1.29 is 14.7 Å². The predicted octanol–water partition coefficient (Wildman–Crippen LogP) is 3.31. The van der Waals surface area contributed by atoms with Crippen LogP contribution in [0, 0.1) is 0 Å². The second-order valence-corrected chi connectivity index (χ2v) is 5.25. The van der Waals surface area contributed by atoms with Crippen molar-refractivity contribution in [3.63, 3.8) is 0 Å². The topological polar surface area (TPSA) is 79.3 Å². The second kappa shape index (κ2) is 6.02. The molecule has 0 aromatic carbocycles. The highest BCUT2D eigenvalue weighted by molar-refractivity contribution is 7.14. The highest BCUT2D eigenvalue weighted by atomic mass is 35.5. The van der Waals surface area contributed by atoms with E-state index in [0.717, 1.165) is 11.3 Å². The van der Waals surface area contributed by atoms with Gasteiger partial charge in [-0.1, -0.05) is 18.5 Å². The number of nitrogens with zero attached hydrogens (tertiary/aromatic N) is 1. The molecule has 0 saturated carbocycles. The average molecular weight is 311 g/mol. The molecular weight excluding hydrogens is 300 g/mol. The molecule has 0 unspecified atom stereocenters. The molecule has 0 aliphatic rings. The number of carboxylic acid groups (broad SMARTS) is 1. The number of pyridine rings is 1. The van der Waals surface area contributed by atoms with Crippen LogP contribution >= 0.6 is 22.9 Å². The maximum atomic E-state index is 12.1. The fourth-order valence-corrected chi connectivity index (χ4v) is 2.61. The molecule has 2 aromatic heterocycles. The molecule has 1 amide bonds. The number of hydrogen-bond donors (Lipinski definition) is 2. The summed E-state index contributed by atoms with van der Waals surface area (Å²) in [5.74, 6) is -1.49. The largest absolute Gasteiger partial charge is 0.478 e. The number of hydrogen-bond acceptors (Lipinski definition) is 4. The molecule has 2 rings (SSSR count). The smallest absolute Gasteiger partial charge is 0.338 e. The Morgan fingerprint density at radius 1 is 1.45 bits per heavy atom. The van der Waals surface area contributed by atoms with E-state index in [-0.39, 0.29) is 10.7 Å². The minimum atomic E-state index is -1.08. The van der Waals surface area contributed by atoms with Crippen molar-refractivity contribution in [3.05, 3.63) is 45.6 Å². The lowest BCUT2D eigenvalue weighted by Gasteiger charge is -2.06. The molecular formula is C13H11ClN2O3S. The molecule has 2 heterocycles. The summed E-state index contributed by atoms with van der Waals surface area (Å²) in [6, 6.07) is 4.53. The Hall–Kier alpha value is -1.92.